The first kappa shape index (κ1) is 24.6. The molecule has 0 aliphatic heterocycles. The highest BCUT2D eigenvalue weighted by molar-refractivity contribution is 14.1. The van der Waals surface area contributed by atoms with E-state index in [4.69, 9.17) is 9.47 Å². The minimum absolute atomic E-state index is 0.00628. The number of carbonyl (C=O) groups excluding carboxylic acids is 2. The molecule has 0 atom stereocenters. The molecule has 2 N–H and O–H groups in total. The summed E-state index contributed by atoms with van der Waals surface area (Å²) in [6, 6.07) is 9.05. The van der Waals surface area contributed by atoms with Crippen LogP contribution in [-0.4, -0.2) is 30.7 Å². The van der Waals surface area contributed by atoms with E-state index in [0.717, 1.165) is 9.13 Å². The van der Waals surface area contributed by atoms with Crippen LogP contribution in [0.25, 0.3) is 0 Å². The molecule has 2 amide bonds. The van der Waals surface area contributed by atoms with Crippen LogP contribution in [0.5, 0.6) is 11.5 Å². The third-order valence-corrected chi connectivity index (χ3v) is 4.60. The van der Waals surface area contributed by atoms with E-state index in [0.29, 0.717) is 23.8 Å². The molecule has 0 radical (unpaired) electrons. The molecule has 0 unspecified atom stereocenters. The molecule has 0 aliphatic carbocycles. The maximum atomic E-state index is 12.9. The molecule has 2 aromatic carbocycles. The number of nitrogens with zero attached hydrogens (tertiary/aromatic N) is 1. The van der Waals surface area contributed by atoms with E-state index in [2.05, 4.69) is 38.4 Å². The molecule has 0 aliphatic rings. The van der Waals surface area contributed by atoms with E-state index >= 15 is 0 Å². The molecule has 9 heteroatoms. The quantitative estimate of drug-likeness (QED) is 0.264. The number of hydrazone groups is 1. The van der Waals surface area contributed by atoms with Crippen LogP contribution in [0.1, 0.15) is 39.2 Å². The van der Waals surface area contributed by atoms with Crippen molar-refractivity contribution in [3.05, 3.63) is 51.3 Å². The van der Waals surface area contributed by atoms with Gasteiger partial charge in [-0.15, -0.1) is 0 Å². The van der Waals surface area contributed by atoms with E-state index in [1.54, 1.807) is 6.07 Å². The fourth-order valence-electron chi connectivity index (χ4n) is 2.49. The van der Waals surface area contributed by atoms with Crippen LogP contribution in [0.3, 0.4) is 0 Å². The number of halogens is 2. The van der Waals surface area contributed by atoms with Crippen molar-refractivity contribution < 1.29 is 23.5 Å². The smallest absolute Gasteiger partial charge is 0.240 e. The van der Waals surface area contributed by atoms with Gasteiger partial charge in [0.2, 0.25) is 11.8 Å². The van der Waals surface area contributed by atoms with Gasteiger partial charge in [0.25, 0.3) is 0 Å². The van der Waals surface area contributed by atoms with Gasteiger partial charge in [0, 0.05) is 18.5 Å². The zero-order valence-corrected chi connectivity index (χ0v) is 19.7. The summed E-state index contributed by atoms with van der Waals surface area (Å²) < 4.78 is 25.2. The topological polar surface area (TPSA) is 89.0 Å². The van der Waals surface area contributed by atoms with Gasteiger partial charge in [0.1, 0.15) is 5.82 Å². The zero-order valence-electron chi connectivity index (χ0n) is 17.6. The molecule has 0 aromatic heterocycles. The number of hydrogen-bond acceptors (Lipinski definition) is 5. The minimum atomic E-state index is -0.398. The lowest BCUT2D eigenvalue weighted by Crippen LogP contribution is -2.20. The van der Waals surface area contributed by atoms with Crippen LogP contribution >= 0.6 is 22.6 Å². The number of ether oxygens (including phenoxy) is 2. The number of carbonyl (C=O) groups is 2. The number of amides is 2. The van der Waals surface area contributed by atoms with Gasteiger partial charge < -0.3 is 14.8 Å². The third-order valence-electron chi connectivity index (χ3n) is 3.80. The highest BCUT2D eigenvalue weighted by Gasteiger charge is 2.13. The first-order valence-electron chi connectivity index (χ1n) is 9.78. The van der Waals surface area contributed by atoms with Gasteiger partial charge in [-0.1, -0.05) is 0 Å². The number of rotatable bonds is 10. The second-order valence-corrected chi connectivity index (χ2v) is 7.94. The van der Waals surface area contributed by atoms with Crippen LogP contribution in [0.15, 0.2) is 41.5 Å². The number of benzene rings is 2. The maximum absolute atomic E-state index is 12.9. The molecule has 0 spiro atoms. The van der Waals surface area contributed by atoms with Crippen LogP contribution in [0.2, 0.25) is 0 Å². The lowest BCUT2D eigenvalue weighted by Gasteiger charge is -2.16. The van der Waals surface area contributed by atoms with Crippen molar-refractivity contribution in [1.29, 1.82) is 0 Å². The van der Waals surface area contributed by atoms with Crippen LogP contribution < -0.4 is 20.2 Å². The third kappa shape index (κ3) is 8.52. The van der Waals surface area contributed by atoms with Crippen molar-refractivity contribution in [3.63, 3.8) is 0 Å². The molecule has 166 valence electrons. The zero-order chi connectivity index (χ0) is 22.8. The largest absolute Gasteiger partial charge is 0.490 e. The van der Waals surface area contributed by atoms with Crippen LogP contribution in [0, 0.1) is 9.39 Å². The number of hydrogen-bond donors (Lipinski definition) is 2. The van der Waals surface area contributed by atoms with Crippen molar-refractivity contribution in [2.45, 2.75) is 39.7 Å². The van der Waals surface area contributed by atoms with Crippen molar-refractivity contribution >= 4 is 46.3 Å². The molecule has 0 heterocycles. The molecule has 0 saturated carbocycles. The monoisotopic (exact) mass is 541 g/mol. The van der Waals surface area contributed by atoms with E-state index in [1.165, 1.54) is 30.5 Å². The second-order valence-electron chi connectivity index (χ2n) is 6.78. The first-order valence-corrected chi connectivity index (χ1v) is 10.9. The molecule has 0 saturated heterocycles. The van der Waals surface area contributed by atoms with Crippen molar-refractivity contribution in [1.82, 2.24) is 5.43 Å². The summed E-state index contributed by atoms with van der Waals surface area (Å²) in [5, 5.41) is 6.55. The molecular weight excluding hydrogens is 516 g/mol. The average molecular weight is 541 g/mol. The van der Waals surface area contributed by atoms with Crippen LogP contribution in [-0.2, 0) is 9.59 Å². The van der Waals surface area contributed by atoms with Crippen LogP contribution in [0.4, 0.5) is 10.1 Å². The van der Waals surface area contributed by atoms with E-state index in [1.807, 2.05) is 26.8 Å². The normalized spacial score (nSPS) is 10.9. The highest BCUT2D eigenvalue weighted by Crippen LogP contribution is 2.34. The van der Waals surface area contributed by atoms with Gasteiger partial charge in [-0.25, -0.2) is 9.82 Å². The van der Waals surface area contributed by atoms with Crippen molar-refractivity contribution in [2.75, 3.05) is 11.9 Å². The summed E-state index contributed by atoms with van der Waals surface area (Å²) in [4.78, 5) is 23.8. The summed E-state index contributed by atoms with van der Waals surface area (Å²) in [6.07, 6.45) is 1.45. The Morgan fingerprint density at radius 2 is 1.84 bits per heavy atom. The predicted molar refractivity (Wildman–Crippen MR) is 126 cm³/mol. The lowest BCUT2D eigenvalue weighted by molar-refractivity contribution is -0.124. The van der Waals surface area contributed by atoms with Crippen molar-refractivity contribution in [2.24, 2.45) is 5.10 Å². The number of nitrogens with one attached hydrogen (secondary N) is 2. The Balaban J connectivity index is 1.88. The van der Waals surface area contributed by atoms with Gasteiger partial charge in [0.05, 0.1) is 22.5 Å². The van der Waals surface area contributed by atoms with Gasteiger partial charge in [0.15, 0.2) is 11.5 Å². The maximum Gasteiger partial charge on any atom is 0.240 e. The molecule has 7 nitrogen and oxygen atoms in total. The van der Waals surface area contributed by atoms with E-state index in [-0.39, 0.29) is 30.7 Å². The Kier molecular flexibility index (Phi) is 9.70. The lowest BCUT2D eigenvalue weighted by atomic mass is 10.2. The molecule has 0 bridgehead atoms. The number of anilines is 1. The Labute approximate surface area is 194 Å². The molecule has 31 heavy (non-hydrogen) atoms. The fraction of sp³-hybridized carbons (Fsp3) is 0.318. The molecule has 0 fully saturated rings. The summed E-state index contributed by atoms with van der Waals surface area (Å²) in [5.74, 6) is 0.145. The highest BCUT2D eigenvalue weighted by atomic mass is 127. The summed E-state index contributed by atoms with van der Waals surface area (Å²) in [6.45, 7) is 6.26. The van der Waals surface area contributed by atoms with E-state index in [9.17, 15) is 14.0 Å². The van der Waals surface area contributed by atoms with E-state index < -0.39 is 5.91 Å². The summed E-state index contributed by atoms with van der Waals surface area (Å²) in [5.41, 5.74) is 3.60. The van der Waals surface area contributed by atoms with Gasteiger partial charge in [-0.3, -0.25) is 9.59 Å². The Bertz CT molecular complexity index is 933. The summed E-state index contributed by atoms with van der Waals surface area (Å²) in [7, 11) is 0. The second kappa shape index (κ2) is 12.2. The standard InChI is InChI=1S/C22H25FIN3O4/c1-4-30-19-12-15(11-18(24)22(19)31-14(2)3)13-25-27-21(29)10-9-20(28)26-17-7-5-16(23)6-8-17/h5-8,11-14H,4,9-10H2,1-3H3,(H,26,28)(H,27,29). The van der Waals surface area contributed by atoms with Gasteiger partial charge in [-0.05, 0) is 85.3 Å². The van der Waals surface area contributed by atoms with Crippen molar-refractivity contribution in [3.8, 4) is 11.5 Å². The van der Waals surface area contributed by atoms with Gasteiger partial charge in [-0.2, -0.15) is 5.10 Å². The first-order chi connectivity index (χ1) is 14.8. The summed E-state index contributed by atoms with van der Waals surface area (Å²) >= 11 is 2.16. The Morgan fingerprint density at radius 3 is 2.48 bits per heavy atom. The average Bonchev–Trinajstić information content (AvgIpc) is 2.71. The Hall–Kier alpha value is -2.69. The minimum Gasteiger partial charge on any atom is -0.490 e. The predicted octanol–water partition coefficient (Wildman–Crippen LogP) is 4.49. The fourth-order valence-corrected chi connectivity index (χ4v) is 3.25. The molecular formula is C22H25FIN3O4. The van der Waals surface area contributed by atoms with Gasteiger partial charge >= 0.3 is 0 Å². The SMILES string of the molecule is CCOc1cc(C=NNC(=O)CCC(=O)Nc2ccc(F)cc2)cc(I)c1OC(C)C. The molecule has 2 rings (SSSR count). The molecule has 2 aromatic rings. The Morgan fingerprint density at radius 1 is 1.16 bits per heavy atom.